The summed E-state index contributed by atoms with van der Waals surface area (Å²) in [4.78, 5) is 7.22. The molecule has 2 heterocycles. The first kappa shape index (κ1) is 16.6. The lowest BCUT2D eigenvalue weighted by Gasteiger charge is -2.34. The number of nitrogens with zero attached hydrogens (tertiary/aromatic N) is 2. The quantitative estimate of drug-likeness (QED) is 0.782. The predicted octanol–water partition coefficient (Wildman–Crippen LogP) is 4.12. The zero-order valence-corrected chi connectivity index (χ0v) is 14.4. The van der Waals surface area contributed by atoms with E-state index in [1.165, 1.54) is 0 Å². The molecule has 3 nitrogen and oxygen atoms in total. The monoisotopic (exact) mass is 310 g/mol. The average Bonchev–Trinajstić information content (AvgIpc) is 2.46. The fourth-order valence-electron chi connectivity index (χ4n) is 2.71. The van der Waals surface area contributed by atoms with E-state index in [4.69, 9.17) is 21.3 Å². The van der Waals surface area contributed by atoms with Crippen LogP contribution in [0.25, 0.3) is 0 Å². The maximum absolute atomic E-state index is 6.07. The lowest BCUT2D eigenvalue weighted by molar-refractivity contribution is 0.0525. The highest BCUT2D eigenvalue weighted by molar-refractivity contribution is 6.17. The van der Waals surface area contributed by atoms with Gasteiger partial charge in [0.05, 0.1) is 6.10 Å². The number of piperidine rings is 1. The van der Waals surface area contributed by atoms with E-state index in [-0.39, 0.29) is 5.41 Å². The van der Waals surface area contributed by atoms with Gasteiger partial charge in [0, 0.05) is 36.7 Å². The van der Waals surface area contributed by atoms with Gasteiger partial charge in [0.15, 0.2) is 0 Å². The highest BCUT2D eigenvalue weighted by atomic mass is 35.5. The molecule has 4 heteroatoms. The van der Waals surface area contributed by atoms with Crippen molar-refractivity contribution < 1.29 is 4.74 Å². The molecular formula is C17H27ClN2O. The molecule has 1 fully saturated rings. The van der Waals surface area contributed by atoms with E-state index < -0.39 is 0 Å². The molecular weight excluding hydrogens is 284 g/mol. The van der Waals surface area contributed by atoms with Gasteiger partial charge in [-0.2, -0.15) is 0 Å². The molecule has 0 radical (unpaired) electrons. The first-order chi connectivity index (χ1) is 9.94. The van der Waals surface area contributed by atoms with E-state index in [1.54, 1.807) is 0 Å². The van der Waals surface area contributed by atoms with Gasteiger partial charge < -0.3 is 9.64 Å². The topological polar surface area (TPSA) is 25.4 Å². The number of ether oxygens (including phenoxy) is 1. The van der Waals surface area contributed by atoms with Gasteiger partial charge in [-0.3, -0.25) is 0 Å². The van der Waals surface area contributed by atoms with Crippen LogP contribution in [0.1, 0.15) is 51.8 Å². The largest absolute Gasteiger partial charge is 0.377 e. The molecule has 1 unspecified atom stereocenters. The normalized spacial score (nSPS) is 19.9. The first-order valence-electron chi connectivity index (χ1n) is 7.88. The van der Waals surface area contributed by atoms with E-state index in [0.29, 0.717) is 12.0 Å². The Labute approximate surface area is 133 Å². The summed E-state index contributed by atoms with van der Waals surface area (Å²) in [6, 6.07) is 4.25. The SMILES string of the molecule is CCOC1CCCN(c2cc(CCl)cc(C(C)(C)C)n2)C1. The number of pyridine rings is 1. The van der Waals surface area contributed by atoms with E-state index in [0.717, 1.165) is 49.6 Å². The van der Waals surface area contributed by atoms with Crippen LogP contribution >= 0.6 is 11.6 Å². The van der Waals surface area contributed by atoms with Gasteiger partial charge in [0.1, 0.15) is 5.82 Å². The second-order valence-corrected chi connectivity index (χ2v) is 7.04. The third kappa shape index (κ3) is 4.33. The van der Waals surface area contributed by atoms with E-state index in [9.17, 15) is 0 Å². The van der Waals surface area contributed by atoms with Gasteiger partial charge in [-0.25, -0.2) is 4.98 Å². The smallest absolute Gasteiger partial charge is 0.129 e. The van der Waals surface area contributed by atoms with Crippen LogP contribution in [-0.4, -0.2) is 30.8 Å². The van der Waals surface area contributed by atoms with E-state index in [1.807, 2.05) is 0 Å². The summed E-state index contributed by atoms with van der Waals surface area (Å²) >= 11 is 6.07. The van der Waals surface area contributed by atoms with Gasteiger partial charge in [-0.15, -0.1) is 11.6 Å². The maximum Gasteiger partial charge on any atom is 0.129 e. The van der Waals surface area contributed by atoms with Crippen LogP contribution < -0.4 is 4.90 Å². The van der Waals surface area contributed by atoms with Crippen molar-refractivity contribution in [3.8, 4) is 0 Å². The lowest BCUT2D eigenvalue weighted by Crippen LogP contribution is -2.40. The van der Waals surface area contributed by atoms with Crippen molar-refractivity contribution in [2.24, 2.45) is 0 Å². The van der Waals surface area contributed by atoms with Crippen LogP contribution in [0, 0.1) is 0 Å². The Morgan fingerprint density at radius 3 is 2.76 bits per heavy atom. The Kier molecular flexibility index (Phi) is 5.50. The standard InChI is InChI=1S/C17H27ClN2O/c1-5-21-14-7-6-8-20(12-14)16-10-13(11-18)9-15(19-16)17(2,3)4/h9-10,14H,5-8,11-12H2,1-4H3. The molecule has 2 rings (SSSR count). The molecule has 0 aliphatic carbocycles. The Hall–Kier alpha value is -0.800. The van der Waals surface area contributed by atoms with Crippen LogP contribution in [0.2, 0.25) is 0 Å². The summed E-state index contributed by atoms with van der Waals surface area (Å²) in [5.74, 6) is 1.57. The molecule has 21 heavy (non-hydrogen) atoms. The second kappa shape index (κ2) is 6.97. The molecule has 118 valence electrons. The predicted molar refractivity (Wildman–Crippen MR) is 89.4 cm³/mol. The van der Waals surface area contributed by atoms with E-state index in [2.05, 4.69) is 44.7 Å². The molecule has 1 aliphatic heterocycles. The summed E-state index contributed by atoms with van der Waals surface area (Å²) in [7, 11) is 0. The van der Waals surface area contributed by atoms with Crippen molar-refractivity contribution in [3.63, 3.8) is 0 Å². The van der Waals surface area contributed by atoms with E-state index >= 15 is 0 Å². The fourth-order valence-corrected chi connectivity index (χ4v) is 2.87. The van der Waals surface area contributed by atoms with Gasteiger partial charge in [-0.05, 0) is 37.5 Å². The van der Waals surface area contributed by atoms with Gasteiger partial charge >= 0.3 is 0 Å². The van der Waals surface area contributed by atoms with Crippen molar-refractivity contribution in [2.75, 3.05) is 24.6 Å². The number of aromatic nitrogens is 1. The van der Waals surface area contributed by atoms with Crippen LogP contribution in [0.3, 0.4) is 0 Å². The molecule has 0 spiro atoms. The Bertz CT molecular complexity index is 468. The van der Waals surface area contributed by atoms with Gasteiger partial charge in [0.25, 0.3) is 0 Å². The van der Waals surface area contributed by atoms with Gasteiger partial charge in [0.2, 0.25) is 0 Å². The highest BCUT2D eigenvalue weighted by Gasteiger charge is 2.23. The molecule has 0 bridgehead atoms. The average molecular weight is 311 g/mol. The first-order valence-corrected chi connectivity index (χ1v) is 8.41. The minimum absolute atomic E-state index is 0.0337. The van der Waals surface area contributed by atoms with Crippen LogP contribution in [-0.2, 0) is 16.0 Å². The summed E-state index contributed by atoms with van der Waals surface area (Å²) in [6.07, 6.45) is 2.62. The molecule has 1 aliphatic rings. The molecule has 1 aromatic rings. The summed E-state index contributed by atoms with van der Waals surface area (Å²) < 4.78 is 5.79. The van der Waals surface area contributed by atoms with Crippen molar-refractivity contribution in [2.45, 2.75) is 57.9 Å². The number of anilines is 1. The third-order valence-corrected chi connectivity index (χ3v) is 4.21. The number of alkyl halides is 1. The second-order valence-electron chi connectivity index (χ2n) is 6.77. The number of halogens is 1. The summed E-state index contributed by atoms with van der Waals surface area (Å²) in [5.41, 5.74) is 2.28. The maximum atomic E-state index is 6.07. The summed E-state index contributed by atoms with van der Waals surface area (Å²) in [5, 5.41) is 0. The van der Waals surface area contributed by atoms with Crippen molar-refractivity contribution in [3.05, 3.63) is 23.4 Å². The van der Waals surface area contributed by atoms with Crippen molar-refractivity contribution in [1.82, 2.24) is 4.98 Å². The van der Waals surface area contributed by atoms with Crippen LogP contribution in [0.5, 0.6) is 0 Å². The molecule has 0 aromatic carbocycles. The molecule has 1 aromatic heterocycles. The number of rotatable bonds is 4. The Balaban J connectivity index is 2.25. The number of hydrogen-bond acceptors (Lipinski definition) is 3. The molecule has 0 amide bonds. The molecule has 0 saturated carbocycles. The summed E-state index contributed by atoms with van der Waals surface area (Å²) in [6.45, 7) is 11.4. The Morgan fingerprint density at radius 1 is 1.38 bits per heavy atom. The molecule has 1 saturated heterocycles. The molecule has 1 atom stereocenters. The van der Waals surface area contributed by atoms with Crippen molar-refractivity contribution >= 4 is 17.4 Å². The minimum atomic E-state index is 0.0337. The minimum Gasteiger partial charge on any atom is -0.377 e. The lowest BCUT2D eigenvalue weighted by atomic mass is 9.91. The molecule has 0 N–H and O–H groups in total. The van der Waals surface area contributed by atoms with Crippen LogP contribution in [0.15, 0.2) is 12.1 Å². The Morgan fingerprint density at radius 2 is 2.14 bits per heavy atom. The fraction of sp³-hybridized carbons (Fsp3) is 0.706. The van der Waals surface area contributed by atoms with Crippen molar-refractivity contribution in [1.29, 1.82) is 0 Å². The number of hydrogen-bond donors (Lipinski definition) is 0. The zero-order valence-electron chi connectivity index (χ0n) is 13.7. The van der Waals surface area contributed by atoms with Gasteiger partial charge in [-0.1, -0.05) is 20.8 Å². The van der Waals surface area contributed by atoms with Crippen LogP contribution in [0.4, 0.5) is 5.82 Å². The highest BCUT2D eigenvalue weighted by Crippen LogP contribution is 2.27. The zero-order chi connectivity index (χ0) is 15.5. The third-order valence-electron chi connectivity index (χ3n) is 3.90.